The summed E-state index contributed by atoms with van der Waals surface area (Å²) in [6, 6.07) is 17.9. The van der Waals surface area contributed by atoms with Crippen LogP contribution < -0.4 is 0 Å². The minimum Gasteiger partial charge on any atom is -0.298 e. The molecule has 2 aromatic carbocycles. The average molecular weight is 341 g/mol. The van der Waals surface area contributed by atoms with E-state index < -0.39 is 0 Å². The predicted molar refractivity (Wildman–Crippen MR) is 86.3 cm³/mol. The molecule has 0 atom stereocenters. The molecule has 104 valence electrons. The van der Waals surface area contributed by atoms with Crippen molar-refractivity contribution in [1.82, 2.24) is 9.78 Å². The number of aromatic nitrogens is 2. The zero-order valence-electron chi connectivity index (χ0n) is 11.2. The highest BCUT2D eigenvalue weighted by Gasteiger charge is 2.11. The molecule has 0 aliphatic rings. The molecular weight excluding hydrogens is 328 g/mol. The van der Waals surface area contributed by atoms with E-state index in [4.69, 9.17) is 0 Å². The van der Waals surface area contributed by atoms with Crippen LogP contribution in [0.2, 0.25) is 0 Å². The molecule has 0 N–H and O–H groups in total. The molecular formula is C17H13BrN2O. The highest BCUT2D eigenvalue weighted by molar-refractivity contribution is 9.10. The maximum absolute atomic E-state index is 11.3. The Morgan fingerprint density at radius 2 is 1.90 bits per heavy atom. The third-order valence-electron chi connectivity index (χ3n) is 3.20. The number of carbonyl (C=O) groups excluding carboxylic acids is 1. The van der Waals surface area contributed by atoms with Gasteiger partial charge in [-0.2, -0.15) is 5.10 Å². The number of carbonyl (C=O) groups is 1. The molecule has 3 rings (SSSR count). The van der Waals surface area contributed by atoms with Gasteiger partial charge in [0, 0.05) is 16.2 Å². The quantitative estimate of drug-likeness (QED) is 0.668. The molecule has 3 nitrogen and oxygen atoms in total. The highest BCUT2D eigenvalue weighted by atomic mass is 79.9. The molecule has 0 fully saturated rings. The molecule has 0 unspecified atom stereocenters. The van der Waals surface area contributed by atoms with Gasteiger partial charge in [-0.05, 0) is 17.7 Å². The van der Waals surface area contributed by atoms with Gasteiger partial charge < -0.3 is 0 Å². The lowest BCUT2D eigenvalue weighted by atomic mass is 10.1. The number of nitrogens with zero attached hydrogens (tertiary/aromatic N) is 2. The highest BCUT2D eigenvalue weighted by Crippen LogP contribution is 2.24. The van der Waals surface area contributed by atoms with Gasteiger partial charge in [0.15, 0.2) is 6.29 Å². The van der Waals surface area contributed by atoms with Crippen LogP contribution in [0.1, 0.15) is 15.9 Å². The fourth-order valence-electron chi connectivity index (χ4n) is 2.23. The summed E-state index contributed by atoms with van der Waals surface area (Å²) in [6.07, 6.45) is 2.64. The van der Waals surface area contributed by atoms with Crippen molar-refractivity contribution >= 4 is 22.2 Å². The van der Waals surface area contributed by atoms with Gasteiger partial charge in [-0.3, -0.25) is 9.48 Å². The van der Waals surface area contributed by atoms with E-state index in [1.54, 1.807) is 10.9 Å². The molecule has 0 aliphatic carbocycles. The van der Waals surface area contributed by atoms with E-state index in [1.165, 1.54) is 0 Å². The van der Waals surface area contributed by atoms with Gasteiger partial charge in [0.05, 0.1) is 12.1 Å². The number of hydrogen-bond donors (Lipinski definition) is 0. The van der Waals surface area contributed by atoms with Crippen LogP contribution in [-0.2, 0) is 6.54 Å². The van der Waals surface area contributed by atoms with Crippen LogP contribution in [0.15, 0.2) is 65.3 Å². The minimum atomic E-state index is 0.601. The Morgan fingerprint density at radius 1 is 1.10 bits per heavy atom. The van der Waals surface area contributed by atoms with E-state index in [2.05, 4.69) is 21.0 Å². The van der Waals surface area contributed by atoms with Gasteiger partial charge in [-0.25, -0.2) is 0 Å². The fourth-order valence-corrected chi connectivity index (χ4v) is 2.63. The summed E-state index contributed by atoms with van der Waals surface area (Å²) in [7, 11) is 0. The predicted octanol–water partition coefficient (Wildman–Crippen LogP) is 4.17. The molecule has 0 radical (unpaired) electrons. The summed E-state index contributed by atoms with van der Waals surface area (Å²) >= 11 is 3.44. The van der Waals surface area contributed by atoms with Gasteiger partial charge in [0.2, 0.25) is 0 Å². The van der Waals surface area contributed by atoms with E-state index in [-0.39, 0.29) is 0 Å². The SMILES string of the molecule is O=Cc1cn(Cc2ccccc2)nc1-c1cccc(Br)c1. The Kier molecular flexibility index (Phi) is 3.97. The smallest absolute Gasteiger partial charge is 0.153 e. The Balaban J connectivity index is 1.97. The molecule has 0 bridgehead atoms. The maximum atomic E-state index is 11.3. The van der Waals surface area contributed by atoms with E-state index in [0.717, 1.165) is 21.9 Å². The topological polar surface area (TPSA) is 34.9 Å². The lowest BCUT2D eigenvalue weighted by molar-refractivity contribution is 0.112. The molecule has 0 spiro atoms. The largest absolute Gasteiger partial charge is 0.298 e. The number of halogens is 1. The molecule has 1 heterocycles. The Bertz CT molecular complexity index is 765. The van der Waals surface area contributed by atoms with Crippen molar-refractivity contribution in [2.24, 2.45) is 0 Å². The van der Waals surface area contributed by atoms with Crippen molar-refractivity contribution in [2.75, 3.05) is 0 Å². The van der Waals surface area contributed by atoms with Crippen LogP contribution in [0.25, 0.3) is 11.3 Å². The lowest BCUT2D eigenvalue weighted by Crippen LogP contribution is -1.99. The maximum Gasteiger partial charge on any atom is 0.153 e. The first-order chi connectivity index (χ1) is 10.3. The van der Waals surface area contributed by atoms with Crippen LogP contribution >= 0.6 is 15.9 Å². The number of aldehydes is 1. The van der Waals surface area contributed by atoms with Gasteiger partial charge >= 0.3 is 0 Å². The van der Waals surface area contributed by atoms with Gasteiger partial charge in [-0.1, -0.05) is 58.4 Å². The number of benzene rings is 2. The Hall–Kier alpha value is -2.20. The molecule has 3 aromatic rings. The molecule has 0 saturated heterocycles. The molecule has 1 aromatic heterocycles. The van der Waals surface area contributed by atoms with Crippen LogP contribution in [0, 0.1) is 0 Å². The summed E-state index contributed by atoms with van der Waals surface area (Å²) < 4.78 is 2.77. The van der Waals surface area contributed by atoms with Crippen LogP contribution in [-0.4, -0.2) is 16.1 Å². The molecule has 0 aliphatic heterocycles. The monoisotopic (exact) mass is 340 g/mol. The Labute approximate surface area is 131 Å². The van der Waals surface area contributed by atoms with Crippen molar-refractivity contribution in [3.8, 4) is 11.3 Å². The van der Waals surface area contributed by atoms with Gasteiger partial charge in [0.25, 0.3) is 0 Å². The summed E-state index contributed by atoms with van der Waals surface area (Å²) in [5.41, 5.74) is 3.39. The molecule has 0 amide bonds. The van der Waals surface area contributed by atoms with E-state index in [1.807, 2.05) is 54.6 Å². The average Bonchev–Trinajstić information content (AvgIpc) is 2.91. The Morgan fingerprint density at radius 3 is 2.62 bits per heavy atom. The second-order valence-corrected chi connectivity index (χ2v) is 5.66. The standard InChI is InChI=1S/C17H13BrN2O/c18-16-8-4-7-14(9-16)17-15(12-21)11-20(19-17)10-13-5-2-1-3-6-13/h1-9,11-12H,10H2. The zero-order valence-corrected chi connectivity index (χ0v) is 12.8. The zero-order chi connectivity index (χ0) is 14.7. The summed E-state index contributed by atoms with van der Waals surface area (Å²) in [4.78, 5) is 11.3. The van der Waals surface area contributed by atoms with Crippen molar-refractivity contribution in [1.29, 1.82) is 0 Å². The van der Waals surface area contributed by atoms with E-state index >= 15 is 0 Å². The van der Waals surface area contributed by atoms with Crippen LogP contribution in [0.4, 0.5) is 0 Å². The molecule has 0 saturated carbocycles. The van der Waals surface area contributed by atoms with E-state index in [0.29, 0.717) is 17.8 Å². The first-order valence-electron chi connectivity index (χ1n) is 6.59. The summed E-state index contributed by atoms with van der Waals surface area (Å²) in [5.74, 6) is 0. The minimum absolute atomic E-state index is 0.601. The molecule has 4 heteroatoms. The van der Waals surface area contributed by atoms with Gasteiger partial charge in [0.1, 0.15) is 5.69 Å². The first kappa shape index (κ1) is 13.8. The fraction of sp³-hybridized carbons (Fsp3) is 0.0588. The van der Waals surface area contributed by atoms with Crippen LogP contribution in [0.3, 0.4) is 0 Å². The third kappa shape index (κ3) is 3.11. The van der Waals surface area contributed by atoms with Gasteiger partial charge in [-0.15, -0.1) is 0 Å². The van der Waals surface area contributed by atoms with Crippen molar-refractivity contribution in [3.05, 3.63) is 76.4 Å². The summed E-state index contributed by atoms with van der Waals surface area (Å²) in [5, 5.41) is 4.55. The molecule has 21 heavy (non-hydrogen) atoms. The second-order valence-electron chi connectivity index (χ2n) is 4.74. The van der Waals surface area contributed by atoms with Crippen molar-refractivity contribution in [3.63, 3.8) is 0 Å². The second kappa shape index (κ2) is 6.06. The van der Waals surface area contributed by atoms with E-state index in [9.17, 15) is 4.79 Å². The normalized spacial score (nSPS) is 10.5. The number of rotatable bonds is 4. The van der Waals surface area contributed by atoms with Crippen molar-refractivity contribution < 1.29 is 4.79 Å². The van der Waals surface area contributed by atoms with Crippen LogP contribution in [0.5, 0.6) is 0 Å². The number of hydrogen-bond acceptors (Lipinski definition) is 2. The lowest BCUT2D eigenvalue weighted by Gasteiger charge is -2.01. The van der Waals surface area contributed by atoms with Crippen molar-refractivity contribution in [2.45, 2.75) is 6.54 Å². The third-order valence-corrected chi connectivity index (χ3v) is 3.70. The first-order valence-corrected chi connectivity index (χ1v) is 7.38. The summed E-state index contributed by atoms with van der Waals surface area (Å²) in [6.45, 7) is 0.648.